The number of hydrogen-bond donors (Lipinski definition) is 3. The molecule has 190 valence electrons. The monoisotopic (exact) mass is 509 g/mol. The molecule has 0 aromatic heterocycles. The molecule has 6 nitrogen and oxygen atoms in total. The van der Waals surface area contributed by atoms with E-state index in [0.717, 1.165) is 18.4 Å². The Kier molecular flexibility index (Phi) is 4.95. The molecule has 1 spiro atoms. The quantitative estimate of drug-likeness (QED) is 0.504. The first-order chi connectivity index (χ1) is 16.9. The van der Waals surface area contributed by atoms with Crippen LogP contribution in [0.4, 0.5) is 0 Å². The number of rotatable bonds is 1. The molecular formula is C29H32ClNO5. The van der Waals surface area contributed by atoms with Gasteiger partial charge in [0.15, 0.2) is 5.78 Å². The predicted octanol–water partition coefficient (Wildman–Crippen LogP) is 4.96. The molecule has 2 aliphatic heterocycles. The van der Waals surface area contributed by atoms with Gasteiger partial charge < -0.3 is 20.3 Å². The Labute approximate surface area is 216 Å². The van der Waals surface area contributed by atoms with Crippen molar-refractivity contribution >= 4 is 23.3 Å². The number of aromatic hydroxyl groups is 1. The Morgan fingerprint density at radius 1 is 1.14 bits per heavy atom. The molecule has 6 atom stereocenters. The van der Waals surface area contributed by atoms with Gasteiger partial charge in [-0.05, 0) is 37.3 Å². The number of carbonyl (C=O) groups excluding carboxylic acids is 2. The second-order valence-corrected chi connectivity index (χ2v) is 12.4. The van der Waals surface area contributed by atoms with E-state index in [-0.39, 0.29) is 41.1 Å². The number of amides is 1. The third-order valence-corrected chi connectivity index (χ3v) is 10.4. The number of para-hydroxylation sites is 1. The zero-order valence-corrected chi connectivity index (χ0v) is 21.8. The fraction of sp³-hybridized carbons (Fsp3) is 0.517. The summed E-state index contributed by atoms with van der Waals surface area (Å²) in [6.45, 7) is 8.29. The van der Waals surface area contributed by atoms with Crippen LogP contribution >= 0.6 is 11.6 Å². The van der Waals surface area contributed by atoms with E-state index in [1.807, 2.05) is 19.9 Å². The fourth-order valence-electron chi connectivity index (χ4n) is 7.87. The lowest BCUT2D eigenvalue weighted by molar-refractivity contribution is -0.223. The van der Waals surface area contributed by atoms with E-state index in [2.05, 4.69) is 19.2 Å². The van der Waals surface area contributed by atoms with Gasteiger partial charge in [0.1, 0.15) is 23.2 Å². The van der Waals surface area contributed by atoms with Crippen LogP contribution in [0.3, 0.4) is 0 Å². The minimum absolute atomic E-state index is 0.0853. The maximum absolute atomic E-state index is 13.2. The number of aliphatic hydroxyl groups excluding tert-OH is 1. The largest absolute Gasteiger partial charge is 0.508 e. The van der Waals surface area contributed by atoms with E-state index < -0.39 is 23.2 Å². The van der Waals surface area contributed by atoms with Gasteiger partial charge in [-0.15, -0.1) is 0 Å². The Hall–Kier alpha value is -2.57. The lowest BCUT2D eigenvalue weighted by Gasteiger charge is -2.66. The molecule has 7 heteroatoms. The van der Waals surface area contributed by atoms with Crippen molar-refractivity contribution in [2.45, 2.75) is 71.1 Å². The summed E-state index contributed by atoms with van der Waals surface area (Å²) in [5.74, 6) is 0.407. The van der Waals surface area contributed by atoms with Gasteiger partial charge in [-0.25, -0.2) is 0 Å². The average Bonchev–Trinajstić information content (AvgIpc) is 3.14. The smallest absolute Gasteiger partial charge is 0.252 e. The number of benzene rings is 2. The fourth-order valence-corrected chi connectivity index (χ4v) is 8.13. The molecule has 6 rings (SSSR count). The Morgan fingerprint density at radius 2 is 1.86 bits per heavy atom. The number of Topliss-reactive ketones (excluding diaryl/α,β-unsaturated/α-hetero) is 1. The van der Waals surface area contributed by atoms with Crippen LogP contribution in [0.5, 0.6) is 11.5 Å². The molecule has 2 fully saturated rings. The molecule has 36 heavy (non-hydrogen) atoms. The van der Waals surface area contributed by atoms with Crippen LogP contribution in [-0.2, 0) is 11.2 Å². The first-order valence-corrected chi connectivity index (χ1v) is 13.2. The van der Waals surface area contributed by atoms with Crippen LogP contribution in [-0.4, -0.2) is 33.6 Å². The van der Waals surface area contributed by atoms with Crippen LogP contribution < -0.4 is 10.1 Å². The highest BCUT2D eigenvalue weighted by Gasteiger charge is 2.70. The van der Waals surface area contributed by atoms with Crippen LogP contribution in [0.1, 0.15) is 80.0 Å². The topological polar surface area (TPSA) is 95.9 Å². The summed E-state index contributed by atoms with van der Waals surface area (Å²) in [6.07, 6.45) is 1.48. The summed E-state index contributed by atoms with van der Waals surface area (Å²) in [7, 11) is 0. The van der Waals surface area contributed by atoms with Crippen molar-refractivity contribution in [3.05, 3.63) is 57.6 Å². The summed E-state index contributed by atoms with van der Waals surface area (Å²) in [5.41, 5.74) is 0.581. The first-order valence-electron chi connectivity index (χ1n) is 12.8. The van der Waals surface area contributed by atoms with Crippen molar-refractivity contribution in [2.75, 3.05) is 0 Å². The lowest BCUT2D eigenvalue weighted by atomic mass is 9.43. The third kappa shape index (κ3) is 2.83. The molecule has 4 aliphatic rings. The highest BCUT2D eigenvalue weighted by molar-refractivity contribution is 6.32. The van der Waals surface area contributed by atoms with Crippen molar-refractivity contribution in [1.82, 2.24) is 5.32 Å². The van der Waals surface area contributed by atoms with E-state index >= 15 is 0 Å². The maximum atomic E-state index is 13.2. The minimum Gasteiger partial charge on any atom is -0.508 e. The van der Waals surface area contributed by atoms with Crippen LogP contribution in [0, 0.1) is 22.7 Å². The number of aliphatic hydroxyl groups is 1. The highest BCUT2D eigenvalue weighted by Crippen LogP contribution is 2.66. The number of carbonyl (C=O) groups is 2. The van der Waals surface area contributed by atoms with E-state index in [1.165, 1.54) is 0 Å². The van der Waals surface area contributed by atoms with Gasteiger partial charge in [0.25, 0.3) is 5.91 Å². The van der Waals surface area contributed by atoms with Crippen molar-refractivity contribution in [2.24, 2.45) is 22.7 Å². The molecule has 1 amide bonds. The molecule has 3 N–H and O–H groups in total. The SMILES string of the molecule is C[C@H]1CC[C@H]2C(C)(C)C(=O)C(O)C[C@]23Oc2c(c(Cl)cc4c2C(c2ccccc2O)NC4=O)C[C@]13C. The van der Waals surface area contributed by atoms with Crippen molar-refractivity contribution < 1.29 is 24.5 Å². The summed E-state index contributed by atoms with van der Waals surface area (Å²) >= 11 is 6.82. The molecule has 2 unspecified atom stereocenters. The van der Waals surface area contributed by atoms with E-state index in [4.69, 9.17) is 16.3 Å². The summed E-state index contributed by atoms with van der Waals surface area (Å²) < 4.78 is 7.15. The van der Waals surface area contributed by atoms with E-state index in [1.54, 1.807) is 24.3 Å². The molecule has 0 bridgehead atoms. The molecule has 2 aromatic carbocycles. The van der Waals surface area contributed by atoms with Crippen molar-refractivity contribution in [1.29, 1.82) is 0 Å². The second-order valence-electron chi connectivity index (χ2n) is 12.0. The van der Waals surface area contributed by atoms with Crippen molar-refractivity contribution in [3.63, 3.8) is 0 Å². The van der Waals surface area contributed by atoms with Gasteiger partial charge in [-0.1, -0.05) is 57.5 Å². The number of hydrogen-bond acceptors (Lipinski definition) is 5. The molecule has 2 heterocycles. The normalized spacial score (nSPS) is 36.2. The number of phenolic OH excluding ortho intramolecular Hbond substituents is 1. The van der Waals surface area contributed by atoms with Gasteiger partial charge in [0.05, 0.1) is 11.6 Å². The Balaban J connectivity index is 1.61. The maximum Gasteiger partial charge on any atom is 0.252 e. The van der Waals surface area contributed by atoms with Crippen LogP contribution in [0.15, 0.2) is 30.3 Å². The zero-order valence-electron chi connectivity index (χ0n) is 21.0. The van der Waals surface area contributed by atoms with E-state index in [9.17, 15) is 19.8 Å². The zero-order chi connectivity index (χ0) is 25.8. The molecule has 2 aliphatic carbocycles. The minimum atomic E-state index is -1.12. The highest BCUT2D eigenvalue weighted by atomic mass is 35.5. The lowest BCUT2D eigenvalue weighted by Crippen LogP contribution is -2.72. The molecule has 2 aromatic rings. The number of phenols is 1. The van der Waals surface area contributed by atoms with Crippen molar-refractivity contribution in [3.8, 4) is 11.5 Å². The van der Waals surface area contributed by atoms with E-state index in [0.29, 0.717) is 33.9 Å². The molecule has 2 saturated carbocycles. The van der Waals surface area contributed by atoms with Gasteiger partial charge in [0.2, 0.25) is 0 Å². The summed E-state index contributed by atoms with van der Waals surface area (Å²) in [5, 5.41) is 25.2. The Morgan fingerprint density at radius 3 is 2.58 bits per heavy atom. The summed E-state index contributed by atoms with van der Waals surface area (Å²) in [6, 6.07) is 8.07. The molecule has 0 saturated heterocycles. The van der Waals surface area contributed by atoms with Gasteiger partial charge in [-0.3, -0.25) is 9.59 Å². The number of ketones is 1. The second kappa shape index (κ2) is 7.48. The predicted molar refractivity (Wildman–Crippen MR) is 135 cm³/mol. The number of nitrogens with one attached hydrogen (secondary N) is 1. The number of ether oxygens (including phenoxy) is 1. The van der Waals surface area contributed by atoms with Crippen LogP contribution in [0.2, 0.25) is 5.02 Å². The summed E-state index contributed by atoms with van der Waals surface area (Å²) in [4.78, 5) is 26.2. The third-order valence-electron chi connectivity index (χ3n) is 10.1. The van der Waals surface area contributed by atoms with Gasteiger partial charge >= 0.3 is 0 Å². The van der Waals surface area contributed by atoms with Crippen LogP contribution in [0.25, 0.3) is 0 Å². The van der Waals surface area contributed by atoms with Gasteiger partial charge in [-0.2, -0.15) is 0 Å². The number of fused-ring (bicyclic) bond motifs is 3. The standard InChI is InChI=1S/C29H32ClNO5/c1-14-9-10-21-27(2,3)25(34)20(33)13-29(21)28(14,4)12-17-18(30)11-16-22(24(17)36-29)23(31-26(16)35)15-7-5-6-8-19(15)32/h5-8,11,14,20-21,23,32-33H,9-10,12-13H2,1-4H3,(H,31,35)/t14-,20?,21-,23?,28+,29-/m0/s1. The molecule has 0 radical (unpaired) electrons. The number of halogens is 1. The Bertz CT molecular complexity index is 1320. The molecular weight excluding hydrogens is 478 g/mol. The average molecular weight is 510 g/mol. The first kappa shape index (κ1) is 23.8. The van der Waals surface area contributed by atoms with Gasteiger partial charge in [0, 0.05) is 44.9 Å².